The fraction of sp³-hybridized carbons (Fsp3) is 0.292. The zero-order valence-corrected chi connectivity index (χ0v) is 22.2. The van der Waals surface area contributed by atoms with Gasteiger partial charge in [-0.15, -0.1) is 11.3 Å². The van der Waals surface area contributed by atoms with E-state index in [1.54, 1.807) is 49.8 Å². The predicted molar refractivity (Wildman–Crippen MR) is 141 cm³/mol. The number of carbonyl (C=O) groups is 1. The third-order valence-corrected chi connectivity index (χ3v) is 9.05. The first-order valence-corrected chi connectivity index (χ1v) is 14.2. The first-order chi connectivity index (χ1) is 18.3. The minimum atomic E-state index is -3.97. The summed E-state index contributed by atoms with van der Waals surface area (Å²) in [5, 5.41) is 14.7. The van der Waals surface area contributed by atoms with Gasteiger partial charge < -0.3 is 14.6 Å². The van der Waals surface area contributed by atoms with Crippen molar-refractivity contribution < 1.29 is 22.5 Å². The molecule has 5 heterocycles. The summed E-state index contributed by atoms with van der Waals surface area (Å²) in [5.41, 5.74) is -0.0488. The van der Waals surface area contributed by atoms with Crippen molar-refractivity contribution in [2.45, 2.75) is 30.6 Å². The number of ether oxygens (including phenoxy) is 1. The Labute approximate surface area is 222 Å². The number of hydrogen-bond donors (Lipinski definition) is 3. The number of hydrogen-bond acceptors (Lipinski definition) is 11. The highest BCUT2D eigenvalue weighted by Gasteiger charge is 2.41. The molecule has 2 amide bonds. The van der Waals surface area contributed by atoms with Crippen LogP contribution in [0.1, 0.15) is 17.9 Å². The van der Waals surface area contributed by atoms with Gasteiger partial charge in [-0.1, -0.05) is 11.2 Å². The molecule has 2 unspecified atom stereocenters. The second-order valence-corrected chi connectivity index (χ2v) is 11.5. The van der Waals surface area contributed by atoms with Gasteiger partial charge in [-0.2, -0.15) is 4.98 Å². The summed E-state index contributed by atoms with van der Waals surface area (Å²) in [6, 6.07) is 7.85. The van der Waals surface area contributed by atoms with Crippen LogP contribution in [0.4, 0.5) is 16.4 Å². The van der Waals surface area contributed by atoms with Gasteiger partial charge in [0.2, 0.25) is 21.2 Å². The third kappa shape index (κ3) is 5.51. The number of aromatic nitrogens is 4. The lowest BCUT2D eigenvalue weighted by Gasteiger charge is -2.24. The molecule has 1 aliphatic heterocycles. The number of aryl methyl sites for hydroxylation is 2. The molecule has 5 rings (SSSR count). The summed E-state index contributed by atoms with van der Waals surface area (Å²) in [6.45, 7) is 4.29. The van der Waals surface area contributed by atoms with Gasteiger partial charge in [-0.3, -0.25) is 15.6 Å². The largest absolute Gasteiger partial charge is 0.457 e. The molecule has 2 atom stereocenters. The molecule has 12 nitrogen and oxygen atoms in total. The average molecular weight is 556 g/mol. The van der Waals surface area contributed by atoms with Gasteiger partial charge in [0.1, 0.15) is 21.5 Å². The van der Waals surface area contributed by atoms with E-state index in [0.717, 1.165) is 10.6 Å². The lowest BCUT2D eigenvalue weighted by molar-refractivity contribution is 0.205. The Morgan fingerprint density at radius 3 is 2.66 bits per heavy atom. The van der Waals surface area contributed by atoms with Crippen molar-refractivity contribution in [3.8, 4) is 16.5 Å². The molecule has 0 bridgehead atoms. The van der Waals surface area contributed by atoms with Crippen LogP contribution in [0.25, 0.3) is 10.6 Å². The van der Waals surface area contributed by atoms with Crippen molar-refractivity contribution >= 4 is 38.8 Å². The van der Waals surface area contributed by atoms with Crippen molar-refractivity contribution in [2.24, 2.45) is 5.92 Å². The van der Waals surface area contributed by atoms with Gasteiger partial charge in [0.15, 0.2) is 5.76 Å². The number of thiazole rings is 1. The Morgan fingerprint density at radius 1 is 1.16 bits per heavy atom. The van der Waals surface area contributed by atoms with Gasteiger partial charge in [0, 0.05) is 41.9 Å². The summed E-state index contributed by atoms with van der Waals surface area (Å²) in [4.78, 5) is 25.3. The SMILES string of the molecule is Cc1noc(C)c1S(=O)(=O)C(Oc1cccc(NC(=O)Nc2csc(-c3ccncc3)n2)n1)C1CCNC1. The van der Waals surface area contributed by atoms with Crippen LogP contribution in [-0.4, -0.2) is 53.1 Å². The maximum absolute atomic E-state index is 13.6. The van der Waals surface area contributed by atoms with Gasteiger partial charge in [-0.05, 0) is 45.0 Å². The second-order valence-electron chi connectivity index (χ2n) is 8.65. The Bertz CT molecular complexity index is 1510. The van der Waals surface area contributed by atoms with Gasteiger partial charge in [-0.25, -0.2) is 18.2 Å². The highest BCUT2D eigenvalue weighted by molar-refractivity contribution is 7.92. The number of anilines is 2. The number of nitrogens with zero attached hydrogens (tertiary/aromatic N) is 4. The first-order valence-electron chi connectivity index (χ1n) is 11.8. The van der Waals surface area contributed by atoms with Crippen LogP contribution in [0, 0.1) is 19.8 Å². The molecule has 1 saturated heterocycles. The van der Waals surface area contributed by atoms with Crippen LogP contribution in [0.3, 0.4) is 0 Å². The number of sulfone groups is 1. The molecular formula is C24H25N7O5S2. The van der Waals surface area contributed by atoms with Gasteiger partial charge >= 0.3 is 6.03 Å². The molecule has 198 valence electrons. The van der Waals surface area contributed by atoms with E-state index < -0.39 is 21.3 Å². The molecule has 0 aliphatic carbocycles. The number of carbonyl (C=O) groups excluding carboxylic acids is 1. The van der Waals surface area contributed by atoms with Crippen molar-refractivity contribution in [1.29, 1.82) is 0 Å². The van der Waals surface area contributed by atoms with Crippen molar-refractivity contribution in [2.75, 3.05) is 23.7 Å². The Hall–Kier alpha value is -3.88. The second kappa shape index (κ2) is 10.8. The fourth-order valence-corrected chi connectivity index (χ4v) is 7.05. The van der Waals surface area contributed by atoms with E-state index in [4.69, 9.17) is 9.26 Å². The van der Waals surface area contributed by atoms with Crippen molar-refractivity contribution in [3.05, 3.63) is 59.6 Å². The minimum absolute atomic E-state index is 0.0254. The Morgan fingerprint density at radius 2 is 1.95 bits per heavy atom. The third-order valence-electron chi connectivity index (χ3n) is 5.92. The summed E-state index contributed by atoms with van der Waals surface area (Å²) in [5.74, 6) is 0.517. The smallest absolute Gasteiger partial charge is 0.326 e. The normalized spacial score (nSPS) is 16.2. The molecule has 14 heteroatoms. The van der Waals surface area contributed by atoms with Crippen LogP contribution in [0.15, 0.2) is 57.5 Å². The van der Waals surface area contributed by atoms with Crippen LogP contribution < -0.4 is 20.7 Å². The summed E-state index contributed by atoms with van der Waals surface area (Å²) < 4.78 is 38.4. The molecule has 0 saturated carbocycles. The van der Waals surface area contributed by atoms with E-state index in [0.29, 0.717) is 25.3 Å². The van der Waals surface area contributed by atoms with Crippen molar-refractivity contribution in [3.63, 3.8) is 0 Å². The molecule has 38 heavy (non-hydrogen) atoms. The van der Waals surface area contributed by atoms with Crippen LogP contribution >= 0.6 is 11.3 Å². The lowest BCUT2D eigenvalue weighted by atomic mass is 10.1. The molecule has 4 aromatic heterocycles. The van der Waals surface area contributed by atoms with Crippen molar-refractivity contribution in [1.82, 2.24) is 25.4 Å². The number of rotatable bonds is 8. The fourth-order valence-electron chi connectivity index (χ4n) is 4.21. The number of urea groups is 1. The summed E-state index contributed by atoms with van der Waals surface area (Å²) in [7, 11) is -3.97. The van der Waals surface area contributed by atoms with E-state index in [2.05, 4.69) is 36.1 Å². The van der Waals surface area contributed by atoms with E-state index in [1.165, 1.54) is 11.3 Å². The maximum Gasteiger partial charge on any atom is 0.326 e. The number of pyridine rings is 2. The predicted octanol–water partition coefficient (Wildman–Crippen LogP) is 3.64. The topological polar surface area (TPSA) is 161 Å². The highest BCUT2D eigenvalue weighted by atomic mass is 32.2. The molecule has 1 fully saturated rings. The highest BCUT2D eigenvalue weighted by Crippen LogP contribution is 2.31. The standard InChI is InChI=1S/C24H25N7O5S2/c1-14-21(15(2)36-31-14)38(33,34)23(17-8-11-26-12-17)35-20-5-3-4-18(27-20)29-24(32)30-19-13-37-22(28-19)16-6-9-25-10-7-16/h3-7,9-10,13,17,23,26H,8,11-12H2,1-2H3,(H2,27,29,30,32). The molecule has 1 aliphatic rings. The molecular weight excluding hydrogens is 530 g/mol. The van der Waals surface area contributed by atoms with E-state index >= 15 is 0 Å². The molecule has 4 aromatic rings. The number of amides is 2. The summed E-state index contributed by atoms with van der Waals surface area (Å²) in [6.07, 6.45) is 3.96. The first kappa shape index (κ1) is 25.8. The van der Waals surface area contributed by atoms with Crippen LogP contribution in [0.5, 0.6) is 5.88 Å². The molecule has 0 spiro atoms. The van der Waals surface area contributed by atoms with E-state index in [9.17, 15) is 13.2 Å². The Balaban J connectivity index is 1.31. The number of nitrogens with one attached hydrogen (secondary N) is 3. The molecule has 3 N–H and O–H groups in total. The van der Waals surface area contributed by atoms with E-state index in [1.807, 2.05) is 12.1 Å². The monoisotopic (exact) mass is 555 g/mol. The van der Waals surface area contributed by atoms with Gasteiger partial charge in [0.25, 0.3) is 0 Å². The quantitative estimate of drug-likeness (QED) is 0.293. The summed E-state index contributed by atoms with van der Waals surface area (Å²) >= 11 is 1.39. The van der Waals surface area contributed by atoms with Crippen LogP contribution in [-0.2, 0) is 9.84 Å². The molecule has 0 aromatic carbocycles. The zero-order valence-electron chi connectivity index (χ0n) is 20.5. The Kier molecular flexibility index (Phi) is 7.35. The average Bonchev–Trinajstić information content (AvgIpc) is 3.65. The zero-order chi connectivity index (χ0) is 26.7. The minimum Gasteiger partial charge on any atom is -0.457 e. The maximum atomic E-state index is 13.6. The molecule has 0 radical (unpaired) electrons. The van der Waals surface area contributed by atoms with Gasteiger partial charge in [0.05, 0.1) is 5.69 Å². The lowest BCUT2D eigenvalue weighted by Crippen LogP contribution is -2.37. The van der Waals surface area contributed by atoms with E-state index in [-0.39, 0.29) is 34.0 Å². The van der Waals surface area contributed by atoms with Crippen LogP contribution in [0.2, 0.25) is 0 Å².